The molecule has 38 heavy (non-hydrogen) atoms. The maximum Gasteiger partial charge on any atom is 0.232 e. The number of nitrogens with one attached hydrogen (secondary N) is 1. The molecule has 0 atom stereocenters. The van der Waals surface area contributed by atoms with Crippen molar-refractivity contribution in [2.75, 3.05) is 17.7 Å². The number of furan rings is 1. The molecule has 0 aliphatic heterocycles. The summed E-state index contributed by atoms with van der Waals surface area (Å²) in [4.78, 5) is 7.62. The molecule has 0 spiro atoms. The van der Waals surface area contributed by atoms with Crippen LogP contribution in [-0.2, 0) is 16.6 Å². The number of imidazole rings is 1. The third kappa shape index (κ3) is 4.54. The molecule has 2 heterocycles. The van der Waals surface area contributed by atoms with Gasteiger partial charge in [0.15, 0.2) is 0 Å². The largest absolute Gasteiger partial charge is 0.497 e. The zero-order chi connectivity index (χ0) is 26.4. The lowest BCUT2D eigenvalue weighted by atomic mass is 10.0. The number of aromatic amines is 1. The Labute approximate surface area is 219 Å². The topological polar surface area (TPSA) is 88.4 Å². The lowest BCUT2D eigenvalue weighted by molar-refractivity contribution is 0.414. The van der Waals surface area contributed by atoms with Gasteiger partial charge in [-0.1, -0.05) is 12.1 Å². The van der Waals surface area contributed by atoms with Crippen molar-refractivity contribution in [2.24, 2.45) is 0 Å². The second kappa shape index (κ2) is 9.33. The summed E-state index contributed by atoms with van der Waals surface area (Å²) in [5.41, 5.74) is 4.37. The van der Waals surface area contributed by atoms with Gasteiger partial charge >= 0.3 is 0 Å². The third-order valence-corrected chi connectivity index (χ3v) is 7.98. The summed E-state index contributed by atoms with van der Waals surface area (Å²) in [5.74, 6) is 1.77. The van der Waals surface area contributed by atoms with Crippen molar-refractivity contribution in [2.45, 2.75) is 25.3 Å². The highest BCUT2D eigenvalue weighted by atomic mass is 32.2. The molecule has 0 radical (unpaired) electrons. The molecular weight excluding hydrogens is 505 g/mol. The van der Waals surface area contributed by atoms with Crippen molar-refractivity contribution in [3.8, 4) is 28.5 Å². The van der Waals surface area contributed by atoms with E-state index in [1.807, 2.05) is 36.4 Å². The van der Waals surface area contributed by atoms with Gasteiger partial charge in [-0.25, -0.2) is 17.8 Å². The molecular formula is C29H26FN3O4S. The number of halogens is 1. The van der Waals surface area contributed by atoms with Crippen molar-refractivity contribution in [3.05, 3.63) is 90.0 Å². The van der Waals surface area contributed by atoms with E-state index in [-0.39, 0.29) is 18.3 Å². The van der Waals surface area contributed by atoms with Crippen LogP contribution in [0.4, 0.5) is 10.1 Å². The zero-order valence-electron chi connectivity index (χ0n) is 20.9. The van der Waals surface area contributed by atoms with E-state index in [0.29, 0.717) is 34.2 Å². The number of ether oxygens (including phenoxy) is 1. The normalized spacial score (nSPS) is 13.7. The smallest absolute Gasteiger partial charge is 0.232 e. The average molecular weight is 532 g/mol. The summed E-state index contributed by atoms with van der Waals surface area (Å²) in [6.45, 7) is 0.171. The minimum atomic E-state index is -3.63. The summed E-state index contributed by atoms with van der Waals surface area (Å²) >= 11 is 0. The molecule has 9 heteroatoms. The number of anilines is 1. The Kier molecular flexibility index (Phi) is 5.95. The molecule has 5 aromatic rings. The second-order valence-corrected chi connectivity index (χ2v) is 11.5. The maximum atomic E-state index is 13.7. The molecule has 0 amide bonds. The van der Waals surface area contributed by atoms with Gasteiger partial charge in [0.2, 0.25) is 10.0 Å². The number of H-pyrrole nitrogens is 1. The third-order valence-electron chi connectivity index (χ3n) is 6.85. The van der Waals surface area contributed by atoms with Crippen molar-refractivity contribution in [3.63, 3.8) is 0 Å². The molecule has 194 valence electrons. The Balaban J connectivity index is 1.55. The van der Waals surface area contributed by atoms with Crippen LogP contribution in [0.25, 0.3) is 33.7 Å². The van der Waals surface area contributed by atoms with Crippen LogP contribution in [0.3, 0.4) is 0 Å². The monoisotopic (exact) mass is 531 g/mol. The summed E-state index contributed by atoms with van der Waals surface area (Å²) < 4.78 is 53.0. The fraction of sp³-hybridized carbons (Fsp3) is 0.207. The minimum absolute atomic E-state index is 0.171. The van der Waals surface area contributed by atoms with Gasteiger partial charge in [-0.2, -0.15) is 0 Å². The van der Waals surface area contributed by atoms with E-state index < -0.39 is 10.0 Å². The Morgan fingerprint density at radius 2 is 1.84 bits per heavy atom. The van der Waals surface area contributed by atoms with Crippen LogP contribution in [0.5, 0.6) is 5.75 Å². The van der Waals surface area contributed by atoms with E-state index in [4.69, 9.17) is 9.15 Å². The highest BCUT2D eigenvalue weighted by molar-refractivity contribution is 7.92. The average Bonchev–Trinajstić information content (AvgIpc) is 3.48. The lowest BCUT2D eigenvalue weighted by Crippen LogP contribution is -2.30. The van der Waals surface area contributed by atoms with Gasteiger partial charge in [-0.05, 0) is 72.4 Å². The highest BCUT2D eigenvalue weighted by Crippen LogP contribution is 2.49. The number of sulfonamides is 1. The molecule has 6 rings (SSSR count). The Morgan fingerprint density at radius 1 is 1.11 bits per heavy atom. The number of aromatic nitrogens is 2. The molecule has 3 aromatic carbocycles. The molecule has 1 aliphatic rings. The summed E-state index contributed by atoms with van der Waals surface area (Å²) in [7, 11) is -2.04. The molecule has 1 N–H and O–H groups in total. The van der Waals surface area contributed by atoms with E-state index in [2.05, 4.69) is 9.97 Å². The van der Waals surface area contributed by atoms with E-state index in [1.165, 1.54) is 22.7 Å². The van der Waals surface area contributed by atoms with Crippen LogP contribution >= 0.6 is 0 Å². The van der Waals surface area contributed by atoms with Crippen LogP contribution in [0.2, 0.25) is 0 Å². The van der Waals surface area contributed by atoms with Gasteiger partial charge in [0.1, 0.15) is 28.7 Å². The number of nitrogens with zero attached hydrogens (tertiary/aromatic N) is 2. The van der Waals surface area contributed by atoms with Gasteiger partial charge < -0.3 is 14.1 Å². The van der Waals surface area contributed by atoms with Crippen LogP contribution < -0.4 is 9.04 Å². The number of fused-ring (bicyclic) bond motifs is 1. The summed E-state index contributed by atoms with van der Waals surface area (Å²) in [5, 5.41) is 0.822. The van der Waals surface area contributed by atoms with E-state index in [1.54, 1.807) is 31.6 Å². The standard InChI is InChI=1S/C29H26FN3O4S/c1-36-22-11-3-18(4-12-22)17-33(38(2,34)35)25-16-26-24(15-23(25)19-5-6-19)27(29-31-13-14-32-29)28(37-26)20-7-9-21(30)10-8-20/h3-4,7-16,19H,5-6,17H2,1-2H3,(H,31,32). The molecule has 1 aliphatic carbocycles. The van der Waals surface area contributed by atoms with E-state index in [0.717, 1.165) is 34.9 Å². The fourth-order valence-electron chi connectivity index (χ4n) is 4.81. The predicted molar refractivity (Wildman–Crippen MR) is 145 cm³/mol. The van der Waals surface area contributed by atoms with Crippen molar-refractivity contribution in [1.29, 1.82) is 0 Å². The molecule has 0 saturated heterocycles. The van der Waals surface area contributed by atoms with Gasteiger partial charge in [0, 0.05) is 29.4 Å². The molecule has 7 nitrogen and oxygen atoms in total. The molecule has 1 fully saturated rings. The number of methoxy groups -OCH3 is 1. The number of rotatable bonds is 8. The van der Waals surface area contributed by atoms with Crippen molar-refractivity contribution >= 4 is 26.7 Å². The molecule has 2 aromatic heterocycles. The molecule has 0 bridgehead atoms. The number of hydrogen-bond donors (Lipinski definition) is 1. The summed E-state index contributed by atoms with van der Waals surface area (Å²) in [6.07, 6.45) is 6.59. The first-order chi connectivity index (χ1) is 18.3. The van der Waals surface area contributed by atoms with Crippen LogP contribution in [0.15, 0.2) is 77.5 Å². The Hall–Kier alpha value is -4.11. The second-order valence-electron chi connectivity index (χ2n) is 9.55. The fourth-order valence-corrected chi connectivity index (χ4v) is 5.70. The SMILES string of the molecule is COc1ccc(CN(c2cc3oc(-c4ccc(F)cc4)c(-c4ncc[nH]4)c3cc2C2CC2)S(C)(=O)=O)cc1. The van der Waals surface area contributed by atoms with Crippen LogP contribution in [0, 0.1) is 5.82 Å². The first kappa shape index (κ1) is 24.2. The van der Waals surface area contributed by atoms with Gasteiger partial charge in [-0.15, -0.1) is 0 Å². The molecule has 1 saturated carbocycles. The van der Waals surface area contributed by atoms with Crippen molar-refractivity contribution in [1.82, 2.24) is 9.97 Å². The first-order valence-corrected chi connectivity index (χ1v) is 14.1. The number of benzene rings is 3. The van der Waals surface area contributed by atoms with Crippen LogP contribution in [0.1, 0.15) is 29.9 Å². The van der Waals surface area contributed by atoms with E-state index >= 15 is 0 Å². The van der Waals surface area contributed by atoms with Gasteiger partial charge in [-0.3, -0.25) is 4.31 Å². The van der Waals surface area contributed by atoms with Crippen molar-refractivity contribution < 1.29 is 22.0 Å². The molecule has 0 unspecified atom stereocenters. The highest BCUT2D eigenvalue weighted by Gasteiger charge is 2.33. The minimum Gasteiger partial charge on any atom is -0.497 e. The van der Waals surface area contributed by atoms with Gasteiger partial charge in [0.25, 0.3) is 0 Å². The number of hydrogen-bond acceptors (Lipinski definition) is 5. The first-order valence-electron chi connectivity index (χ1n) is 12.3. The van der Waals surface area contributed by atoms with Gasteiger partial charge in [0.05, 0.1) is 31.2 Å². The zero-order valence-corrected chi connectivity index (χ0v) is 21.8. The lowest BCUT2D eigenvalue weighted by Gasteiger charge is -2.25. The predicted octanol–water partition coefficient (Wildman–Crippen LogP) is 6.48. The Bertz CT molecular complexity index is 1710. The maximum absolute atomic E-state index is 13.7. The quantitative estimate of drug-likeness (QED) is 0.248. The Morgan fingerprint density at radius 3 is 2.45 bits per heavy atom. The van der Waals surface area contributed by atoms with E-state index in [9.17, 15) is 12.8 Å². The summed E-state index contributed by atoms with van der Waals surface area (Å²) in [6, 6.07) is 17.3. The van der Waals surface area contributed by atoms with Crippen LogP contribution in [-0.4, -0.2) is 31.8 Å².